The number of rotatable bonds is 4. The van der Waals surface area contributed by atoms with Crippen LogP contribution in [0, 0.1) is 6.42 Å². The number of fused-ring (bicyclic) bond motifs is 1. The molecule has 0 bridgehead atoms. The first-order valence-electron chi connectivity index (χ1n) is 11.3. The number of carbonyl (C=O) groups excluding carboxylic acids is 2. The van der Waals surface area contributed by atoms with Gasteiger partial charge in [0.2, 0.25) is 28.2 Å². The molecule has 35 heavy (non-hydrogen) atoms. The highest BCUT2D eigenvalue weighted by Crippen LogP contribution is 2.33. The van der Waals surface area contributed by atoms with Crippen molar-refractivity contribution in [3.05, 3.63) is 107 Å². The molecule has 2 aromatic heterocycles. The normalized spacial score (nSPS) is 16.8. The summed E-state index contributed by atoms with van der Waals surface area (Å²) in [6.45, 7) is 5.41. The number of carbonyl (C=O) groups is 2. The van der Waals surface area contributed by atoms with E-state index in [0.717, 1.165) is 22.3 Å². The highest BCUT2D eigenvalue weighted by Gasteiger charge is 2.39. The van der Waals surface area contributed by atoms with Gasteiger partial charge in [-0.3, -0.25) is 9.78 Å². The summed E-state index contributed by atoms with van der Waals surface area (Å²) in [5, 5.41) is 5.61. The molecule has 0 saturated carbocycles. The van der Waals surface area contributed by atoms with Gasteiger partial charge in [-0.25, -0.2) is 4.79 Å². The summed E-state index contributed by atoms with van der Waals surface area (Å²) in [4.78, 5) is 31.2. The van der Waals surface area contributed by atoms with Gasteiger partial charge < -0.3 is 10.1 Å². The van der Waals surface area contributed by atoms with Crippen molar-refractivity contribution in [1.82, 2.24) is 10.3 Å². The fourth-order valence-electron chi connectivity index (χ4n) is 4.07. The first-order chi connectivity index (χ1) is 16.8. The third-order valence-electron chi connectivity index (χ3n) is 5.64. The molecule has 0 fully saturated rings. The summed E-state index contributed by atoms with van der Waals surface area (Å²) in [5.74, 6) is -0.242. The fraction of sp³-hybridized carbons (Fsp3) is 0.179. The van der Waals surface area contributed by atoms with Crippen molar-refractivity contribution in [3.63, 3.8) is 0 Å². The molecule has 1 unspecified atom stereocenters. The van der Waals surface area contributed by atoms with Crippen LogP contribution in [0.25, 0.3) is 16.1 Å². The fourth-order valence-corrected chi connectivity index (χ4v) is 5.05. The number of hydrogen-bond donors (Lipinski definition) is 1. The first kappa shape index (κ1) is 22.8. The maximum Gasteiger partial charge on any atom is 0.550 e. The van der Waals surface area contributed by atoms with Gasteiger partial charge in [-0.05, 0) is 33.2 Å². The van der Waals surface area contributed by atoms with Gasteiger partial charge in [0.1, 0.15) is 5.60 Å². The number of nitrogens with one attached hydrogen (secondary N) is 1. The summed E-state index contributed by atoms with van der Waals surface area (Å²) >= 11 is 1.31. The van der Waals surface area contributed by atoms with Crippen LogP contribution in [-0.4, -0.2) is 28.5 Å². The van der Waals surface area contributed by atoms with Crippen molar-refractivity contribution < 1.29 is 18.9 Å². The van der Waals surface area contributed by atoms with Crippen LogP contribution in [0.3, 0.4) is 0 Å². The molecule has 1 atom stereocenters. The van der Waals surface area contributed by atoms with Crippen LogP contribution in [0.1, 0.15) is 36.8 Å². The number of pyridine rings is 1. The zero-order valence-corrected chi connectivity index (χ0v) is 20.5. The second kappa shape index (κ2) is 9.00. The molecule has 0 amide bonds. The van der Waals surface area contributed by atoms with Crippen LogP contribution in [0.2, 0.25) is 0 Å². The first-order valence-corrected chi connectivity index (χ1v) is 12.2. The molecular weight excluding hydrogens is 458 g/mol. The Morgan fingerprint density at radius 3 is 2.69 bits per heavy atom. The molecule has 176 valence electrons. The molecule has 0 spiro atoms. The van der Waals surface area contributed by atoms with Gasteiger partial charge in [0, 0.05) is 23.4 Å². The number of ether oxygens (including phenoxy) is 1. The quantitative estimate of drug-likeness (QED) is 0.241. The number of ketones is 1. The van der Waals surface area contributed by atoms with Crippen molar-refractivity contribution in [2.45, 2.75) is 32.4 Å². The van der Waals surface area contributed by atoms with Crippen molar-refractivity contribution in [2.24, 2.45) is 0 Å². The molecular formula is C28H25N3O3S. The minimum absolute atomic E-state index is 0.111. The number of hydrogen-bond acceptors (Lipinski definition) is 5. The van der Waals surface area contributed by atoms with Crippen LogP contribution in [0.5, 0.6) is 0 Å². The van der Waals surface area contributed by atoms with E-state index >= 15 is 0 Å². The van der Waals surface area contributed by atoms with Gasteiger partial charge in [0.05, 0.1) is 0 Å². The molecule has 1 aliphatic heterocycles. The zero-order chi connectivity index (χ0) is 24.6. The second-order valence-corrected chi connectivity index (χ2v) is 10.1. The predicted molar refractivity (Wildman–Crippen MR) is 136 cm³/mol. The minimum atomic E-state index is -0.711. The molecule has 1 N–H and O–H groups in total. The van der Waals surface area contributed by atoms with Gasteiger partial charge in [-0.2, -0.15) is 0 Å². The Bertz CT molecular complexity index is 1380. The molecule has 7 heteroatoms. The van der Waals surface area contributed by atoms with Crippen LogP contribution in [-0.2, 0) is 4.74 Å². The Balaban J connectivity index is 1.48. The zero-order valence-electron chi connectivity index (χ0n) is 19.7. The van der Waals surface area contributed by atoms with E-state index in [1.54, 1.807) is 50.8 Å². The van der Waals surface area contributed by atoms with Gasteiger partial charge in [0.25, 0.3) is 0 Å². The third-order valence-corrected chi connectivity index (χ3v) is 6.62. The monoisotopic (exact) mass is 483 g/mol. The molecule has 1 aliphatic carbocycles. The lowest BCUT2D eigenvalue weighted by Gasteiger charge is -2.26. The standard InChI is InChI=1S/C28H25N3O3S/c1-28(2,3)34-27(33)31-24(17-35-26(31)20-10-7-13-29-15-20)25(32)22-16-30-23-14-19(11-12-21(22)23)18-8-5-4-6-9-18/h4-17,23,30H,1-3H3. The van der Waals surface area contributed by atoms with Gasteiger partial charge in [-0.15, -0.1) is 28.7 Å². The van der Waals surface area contributed by atoms with Crippen molar-refractivity contribution in [1.29, 1.82) is 0 Å². The molecule has 0 radical (unpaired) electrons. The summed E-state index contributed by atoms with van der Waals surface area (Å²) in [7, 11) is 0. The lowest BCUT2D eigenvalue weighted by molar-refractivity contribution is -0.574. The molecule has 5 rings (SSSR count). The van der Waals surface area contributed by atoms with Gasteiger partial charge in [-0.1, -0.05) is 53.6 Å². The van der Waals surface area contributed by atoms with E-state index < -0.39 is 11.7 Å². The molecule has 0 saturated heterocycles. The average molecular weight is 484 g/mol. The smallest absolute Gasteiger partial charge is 0.435 e. The average Bonchev–Trinajstić information content (AvgIpc) is 3.48. The van der Waals surface area contributed by atoms with Crippen molar-refractivity contribution in [3.8, 4) is 10.6 Å². The Labute approximate surface area is 208 Å². The summed E-state index contributed by atoms with van der Waals surface area (Å²) in [6.07, 6.45) is 10.6. The van der Waals surface area contributed by atoms with Crippen LogP contribution in [0.4, 0.5) is 4.79 Å². The van der Waals surface area contributed by atoms with Crippen LogP contribution < -0.4 is 9.88 Å². The largest absolute Gasteiger partial charge is 0.550 e. The predicted octanol–water partition coefficient (Wildman–Crippen LogP) is 5.15. The van der Waals surface area contributed by atoms with E-state index in [1.165, 1.54) is 15.9 Å². The van der Waals surface area contributed by atoms with E-state index in [0.29, 0.717) is 10.6 Å². The number of nitrogens with zero attached hydrogens (tertiary/aromatic N) is 2. The SMILES string of the molecule is CC(C)(C)OC(=O)[n+]1c(C(=O)C2=CNC3C=C(c4ccccc4)[CH-]C=C23)c[s+][c-]1-c1cccnc1. The van der Waals surface area contributed by atoms with Crippen LogP contribution >= 0.6 is 11.3 Å². The maximum absolute atomic E-state index is 13.8. The molecule has 2 aliphatic rings. The highest BCUT2D eigenvalue weighted by molar-refractivity contribution is 7.13. The van der Waals surface area contributed by atoms with Crippen LogP contribution in [0.15, 0.2) is 89.7 Å². The molecule has 3 heterocycles. The Morgan fingerprint density at radius 2 is 1.97 bits per heavy atom. The van der Waals surface area contributed by atoms with E-state index in [-0.39, 0.29) is 17.5 Å². The third kappa shape index (κ3) is 4.55. The number of Topliss-reactive ketones (excluding diaryl/α,β-unsaturated/α-hetero) is 1. The number of allylic oxidation sites excluding steroid dienone is 2. The number of benzene rings is 1. The van der Waals surface area contributed by atoms with Gasteiger partial charge >= 0.3 is 11.1 Å². The second-order valence-electron chi connectivity index (χ2n) is 9.29. The maximum atomic E-state index is 13.8. The lowest BCUT2D eigenvalue weighted by Crippen LogP contribution is -2.50. The molecule has 6 nitrogen and oxygen atoms in total. The van der Waals surface area contributed by atoms with Crippen molar-refractivity contribution in [2.75, 3.05) is 0 Å². The number of aromatic nitrogens is 2. The number of thiazole rings is 1. The highest BCUT2D eigenvalue weighted by atomic mass is 32.1. The summed E-state index contributed by atoms with van der Waals surface area (Å²) < 4.78 is 7.02. The van der Waals surface area contributed by atoms with E-state index in [4.69, 9.17) is 4.74 Å². The topological polar surface area (TPSA) is 72.2 Å². The minimum Gasteiger partial charge on any atom is -0.435 e. The van der Waals surface area contributed by atoms with Gasteiger partial charge in [0.15, 0.2) is 0 Å². The lowest BCUT2D eigenvalue weighted by atomic mass is 9.88. The summed E-state index contributed by atoms with van der Waals surface area (Å²) in [5.41, 5.74) is 3.90. The van der Waals surface area contributed by atoms with Crippen molar-refractivity contribution >= 4 is 28.8 Å². The Hall–Kier alpha value is -3.97. The molecule has 1 aromatic carbocycles. The molecule has 3 aromatic rings. The Morgan fingerprint density at radius 1 is 1.17 bits per heavy atom. The Kier molecular flexibility index (Phi) is 5.86. The summed E-state index contributed by atoms with van der Waals surface area (Å²) in [6, 6.07) is 13.7. The van der Waals surface area contributed by atoms with E-state index in [1.807, 2.05) is 36.8 Å². The van der Waals surface area contributed by atoms with E-state index in [9.17, 15) is 9.59 Å². The van der Waals surface area contributed by atoms with E-state index in [2.05, 4.69) is 28.5 Å².